The summed E-state index contributed by atoms with van der Waals surface area (Å²) in [5.74, 6) is -0.278. The van der Waals surface area contributed by atoms with Crippen molar-refractivity contribution in [1.82, 2.24) is 0 Å². The molecule has 1 aliphatic rings. The van der Waals surface area contributed by atoms with Crippen LogP contribution in [0.4, 0.5) is 4.39 Å². The highest BCUT2D eigenvalue weighted by molar-refractivity contribution is 5.45. The summed E-state index contributed by atoms with van der Waals surface area (Å²) < 4.78 is 13.0. The zero-order valence-electron chi connectivity index (χ0n) is 8.13. The smallest absolute Gasteiger partial charge is 0.123 e. The third-order valence-corrected chi connectivity index (χ3v) is 3.00. The van der Waals surface area contributed by atoms with Gasteiger partial charge >= 0.3 is 0 Å². The van der Waals surface area contributed by atoms with E-state index in [0.29, 0.717) is 12.8 Å². The molecule has 0 fully saturated rings. The minimum atomic E-state index is -0.711. The van der Waals surface area contributed by atoms with Gasteiger partial charge in [-0.05, 0) is 36.1 Å². The van der Waals surface area contributed by atoms with E-state index in [2.05, 4.69) is 6.07 Å². The fourth-order valence-electron chi connectivity index (χ4n) is 2.19. The maximum Gasteiger partial charge on any atom is 0.123 e. The van der Waals surface area contributed by atoms with Crippen LogP contribution in [-0.2, 0) is 11.8 Å². The van der Waals surface area contributed by atoms with Gasteiger partial charge in [-0.3, -0.25) is 0 Å². The highest BCUT2D eigenvalue weighted by Gasteiger charge is 2.38. The largest absolute Gasteiger partial charge is 0.207 e. The fourth-order valence-corrected chi connectivity index (χ4v) is 2.19. The van der Waals surface area contributed by atoms with Gasteiger partial charge in [0.15, 0.2) is 0 Å². The van der Waals surface area contributed by atoms with E-state index in [0.717, 1.165) is 11.1 Å². The Morgan fingerprint density at radius 3 is 2.87 bits per heavy atom. The molecule has 0 N–H and O–H groups in total. The summed E-state index contributed by atoms with van der Waals surface area (Å²) in [5, 5.41) is 17.9. The number of nitrogens with zero attached hydrogens (tertiary/aromatic N) is 2. The first-order valence-electron chi connectivity index (χ1n) is 4.79. The van der Waals surface area contributed by atoms with E-state index >= 15 is 0 Å². The average molecular weight is 200 g/mol. The van der Waals surface area contributed by atoms with Crippen LogP contribution < -0.4 is 0 Å². The van der Waals surface area contributed by atoms with Crippen molar-refractivity contribution in [3.05, 3.63) is 35.1 Å². The Kier molecular flexibility index (Phi) is 2.17. The number of nitriles is 2. The molecule has 0 spiro atoms. The summed E-state index contributed by atoms with van der Waals surface area (Å²) in [6.07, 6.45) is 1.49. The molecule has 1 aromatic rings. The van der Waals surface area contributed by atoms with Gasteiger partial charge in [0, 0.05) is 0 Å². The Morgan fingerprint density at radius 2 is 2.20 bits per heavy atom. The normalized spacial score (nSPS) is 22.9. The number of halogens is 1. The Bertz CT molecular complexity index is 481. The van der Waals surface area contributed by atoms with Gasteiger partial charge < -0.3 is 0 Å². The fraction of sp³-hybridized carbons (Fsp3) is 0.333. The molecule has 0 aliphatic heterocycles. The molecule has 1 unspecified atom stereocenters. The quantitative estimate of drug-likeness (QED) is 0.699. The van der Waals surface area contributed by atoms with Crippen molar-refractivity contribution in [2.75, 3.05) is 0 Å². The second-order valence-electron chi connectivity index (χ2n) is 3.83. The van der Waals surface area contributed by atoms with Crippen molar-refractivity contribution >= 4 is 0 Å². The molecule has 74 valence electrons. The van der Waals surface area contributed by atoms with Crippen molar-refractivity contribution in [2.45, 2.75) is 24.7 Å². The number of rotatable bonds is 1. The molecule has 15 heavy (non-hydrogen) atoms. The van der Waals surface area contributed by atoms with Crippen molar-refractivity contribution in [3.8, 4) is 12.1 Å². The number of aryl methyl sites for hydroxylation is 1. The second-order valence-corrected chi connectivity index (χ2v) is 3.83. The van der Waals surface area contributed by atoms with Gasteiger partial charge in [-0.1, -0.05) is 6.07 Å². The van der Waals surface area contributed by atoms with Gasteiger partial charge in [0.2, 0.25) is 0 Å². The number of hydrogen-bond acceptors (Lipinski definition) is 2. The standard InChI is InChI=1S/C12H9FN2/c13-10-1-2-11-9(7-10)3-4-12(11,8-15)5-6-14/h1-2,7H,3-5H2. The average Bonchev–Trinajstić information content (AvgIpc) is 2.58. The van der Waals surface area contributed by atoms with Gasteiger partial charge in [-0.25, -0.2) is 4.39 Å². The Balaban J connectivity index is 2.53. The van der Waals surface area contributed by atoms with Crippen LogP contribution in [0.15, 0.2) is 18.2 Å². The number of hydrogen-bond donors (Lipinski definition) is 0. The second kappa shape index (κ2) is 3.37. The predicted molar refractivity (Wildman–Crippen MR) is 52.2 cm³/mol. The first-order chi connectivity index (χ1) is 7.22. The van der Waals surface area contributed by atoms with Crippen LogP contribution in [-0.4, -0.2) is 0 Å². The van der Waals surface area contributed by atoms with E-state index in [1.54, 1.807) is 6.07 Å². The zero-order valence-corrected chi connectivity index (χ0v) is 8.13. The van der Waals surface area contributed by atoms with Crippen molar-refractivity contribution in [3.63, 3.8) is 0 Å². The van der Waals surface area contributed by atoms with Gasteiger partial charge in [-0.2, -0.15) is 10.5 Å². The lowest BCUT2D eigenvalue weighted by atomic mass is 9.81. The first-order valence-corrected chi connectivity index (χ1v) is 4.79. The molecule has 0 heterocycles. The maximum absolute atomic E-state index is 13.0. The molecule has 1 atom stereocenters. The molecular weight excluding hydrogens is 191 g/mol. The Labute approximate surface area is 87.6 Å². The molecular formula is C12H9FN2. The van der Waals surface area contributed by atoms with E-state index in [-0.39, 0.29) is 12.2 Å². The summed E-state index contributed by atoms with van der Waals surface area (Å²) >= 11 is 0. The Morgan fingerprint density at radius 1 is 1.40 bits per heavy atom. The minimum Gasteiger partial charge on any atom is -0.207 e. The first kappa shape index (κ1) is 9.68. The topological polar surface area (TPSA) is 47.6 Å². The van der Waals surface area contributed by atoms with E-state index < -0.39 is 5.41 Å². The van der Waals surface area contributed by atoms with Crippen LogP contribution in [0.2, 0.25) is 0 Å². The molecule has 1 aliphatic carbocycles. The molecule has 1 aromatic carbocycles. The highest BCUT2D eigenvalue weighted by Crippen LogP contribution is 2.41. The maximum atomic E-state index is 13.0. The van der Waals surface area contributed by atoms with Crippen LogP contribution in [0, 0.1) is 28.5 Å². The number of benzene rings is 1. The molecule has 3 heteroatoms. The highest BCUT2D eigenvalue weighted by atomic mass is 19.1. The molecule has 0 bridgehead atoms. The molecule has 0 radical (unpaired) electrons. The third kappa shape index (κ3) is 1.37. The van der Waals surface area contributed by atoms with E-state index in [4.69, 9.17) is 10.5 Å². The van der Waals surface area contributed by atoms with Crippen LogP contribution >= 0.6 is 0 Å². The van der Waals surface area contributed by atoms with Gasteiger partial charge in [0.05, 0.1) is 24.0 Å². The predicted octanol–water partition coefficient (Wildman–Crippen LogP) is 2.45. The lowest BCUT2D eigenvalue weighted by molar-refractivity contribution is 0.557. The van der Waals surface area contributed by atoms with Crippen LogP contribution in [0.5, 0.6) is 0 Å². The molecule has 0 saturated carbocycles. The summed E-state index contributed by atoms with van der Waals surface area (Å²) in [5.41, 5.74) is 0.984. The minimum absolute atomic E-state index is 0.183. The zero-order chi connectivity index (χ0) is 10.9. The summed E-state index contributed by atoms with van der Waals surface area (Å²) in [6.45, 7) is 0. The molecule has 2 rings (SSSR count). The van der Waals surface area contributed by atoms with Gasteiger partial charge in [0.1, 0.15) is 5.82 Å². The monoisotopic (exact) mass is 200 g/mol. The Hall–Kier alpha value is -1.87. The van der Waals surface area contributed by atoms with Gasteiger partial charge in [-0.15, -0.1) is 0 Å². The molecule has 0 aromatic heterocycles. The number of fused-ring (bicyclic) bond motifs is 1. The summed E-state index contributed by atoms with van der Waals surface area (Å²) in [7, 11) is 0. The van der Waals surface area contributed by atoms with Crippen LogP contribution in [0.1, 0.15) is 24.0 Å². The summed E-state index contributed by atoms with van der Waals surface area (Å²) in [4.78, 5) is 0. The van der Waals surface area contributed by atoms with Crippen LogP contribution in [0.25, 0.3) is 0 Å². The van der Waals surface area contributed by atoms with Gasteiger partial charge in [0.25, 0.3) is 0 Å². The van der Waals surface area contributed by atoms with Crippen molar-refractivity contribution in [2.24, 2.45) is 0 Å². The van der Waals surface area contributed by atoms with Crippen molar-refractivity contribution in [1.29, 1.82) is 10.5 Å². The molecule has 2 nitrogen and oxygen atoms in total. The SMILES string of the molecule is N#CCC1(C#N)CCc2cc(F)ccc21. The van der Waals surface area contributed by atoms with E-state index in [1.165, 1.54) is 12.1 Å². The molecule has 0 saturated heterocycles. The van der Waals surface area contributed by atoms with E-state index in [1.807, 2.05) is 6.07 Å². The third-order valence-electron chi connectivity index (χ3n) is 3.00. The van der Waals surface area contributed by atoms with E-state index in [9.17, 15) is 4.39 Å². The lowest BCUT2D eigenvalue weighted by Gasteiger charge is -2.17. The van der Waals surface area contributed by atoms with Crippen LogP contribution in [0.3, 0.4) is 0 Å². The lowest BCUT2D eigenvalue weighted by Crippen LogP contribution is -2.19. The molecule has 0 amide bonds. The summed E-state index contributed by atoms with van der Waals surface area (Å²) in [6, 6.07) is 8.71. The van der Waals surface area contributed by atoms with Crippen molar-refractivity contribution < 1.29 is 4.39 Å².